The molecule has 0 spiro atoms. The predicted molar refractivity (Wildman–Crippen MR) is 123 cm³/mol. The van der Waals surface area contributed by atoms with Crippen molar-refractivity contribution in [1.82, 2.24) is 20.1 Å². The number of likely N-dealkylation sites (N-methyl/N-ethyl adjacent to an activating group) is 1. The van der Waals surface area contributed by atoms with Gasteiger partial charge in [-0.1, -0.05) is 18.2 Å². The number of aromatic amines is 1. The summed E-state index contributed by atoms with van der Waals surface area (Å²) in [6.45, 7) is 4.46. The van der Waals surface area contributed by atoms with Crippen molar-refractivity contribution in [2.75, 3.05) is 54.0 Å². The zero-order valence-electron chi connectivity index (χ0n) is 19.1. The molecule has 0 radical (unpaired) electrons. The van der Waals surface area contributed by atoms with E-state index in [1.54, 1.807) is 7.11 Å². The van der Waals surface area contributed by atoms with Crippen molar-refractivity contribution in [3.8, 4) is 0 Å². The van der Waals surface area contributed by atoms with Gasteiger partial charge in [0.25, 0.3) is 0 Å². The maximum absolute atomic E-state index is 14.1. The molecule has 1 amide bonds. The number of para-hydroxylation sites is 1. The molecule has 2 aromatic rings. The lowest BCUT2D eigenvalue weighted by molar-refractivity contribution is -0.142. The standard InChI is InChI=1S/C25H36N4O2/c1-28(2)12-10-26-24(30)25-15-17-14-18(9-13-31-3)23(25)29(16-17)11-8-20-19-6-4-5-7-21(19)27-22(20)25/h4-7,17-18,23,27H,8-16H2,1-3H3,(H,26,30)/t17-,18+,23+,25-/m1/s1. The second-order valence-corrected chi connectivity index (χ2v) is 10.1. The SMILES string of the molecule is COCC[C@H]1C[C@H]2CN3CCc4c([nH]c5ccccc45)[C@](C(=O)NCCN(C)C)(C2)[C@H]13. The molecule has 2 N–H and O–H groups in total. The van der Waals surface area contributed by atoms with Crippen LogP contribution in [0.3, 0.4) is 0 Å². The number of ether oxygens (including phenoxy) is 1. The van der Waals surface area contributed by atoms with E-state index in [9.17, 15) is 4.79 Å². The van der Waals surface area contributed by atoms with E-state index in [4.69, 9.17) is 4.74 Å². The summed E-state index contributed by atoms with van der Waals surface area (Å²) >= 11 is 0. The highest BCUT2D eigenvalue weighted by Crippen LogP contribution is 2.55. The molecule has 3 fully saturated rings. The summed E-state index contributed by atoms with van der Waals surface area (Å²) in [7, 11) is 5.89. The largest absolute Gasteiger partial charge is 0.385 e. The number of aromatic nitrogens is 1. The minimum Gasteiger partial charge on any atom is -0.385 e. The number of carbonyl (C=O) groups is 1. The molecule has 4 bridgehead atoms. The summed E-state index contributed by atoms with van der Waals surface area (Å²) in [5.41, 5.74) is 3.21. The number of methoxy groups -OCH3 is 1. The fraction of sp³-hybridized carbons (Fsp3) is 0.640. The van der Waals surface area contributed by atoms with Gasteiger partial charge in [-0.2, -0.15) is 0 Å². The number of hydrogen-bond donors (Lipinski definition) is 2. The number of nitrogens with zero attached hydrogens (tertiary/aromatic N) is 2. The number of piperidine rings is 2. The second-order valence-electron chi connectivity index (χ2n) is 10.1. The zero-order chi connectivity index (χ0) is 21.6. The van der Waals surface area contributed by atoms with Gasteiger partial charge < -0.3 is 19.9 Å². The summed E-state index contributed by atoms with van der Waals surface area (Å²) in [6, 6.07) is 8.81. The molecule has 4 aliphatic rings. The van der Waals surface area contributed by atoms with Gasteiger partial charge in [0.05, 0.1) is 0 Å². The lowest BCUT2D eigenvalue weighted by Gasteiger charge is -2.58. The third-order valence-electron chi connectivity index (χ3n) is 7.94. The van der Waals surface area contributed by atoms with Crippen LogP contribution in [-0.4, -0.2) is 80.7 Å². The molecule has 2 saturated heterocycles. The van der Waals surface area contributed by atoms with Crippen LogP contribution in [0.25, 0.3) is 10.9 Å². The predicted octanol–water partition coefficient (Wildman–Crippen LogP) is 2.39. The molecule has 3 aliphatic heterocycles. The molecule has 4 heterocycles. The molecule has 1 unspecified atom stereocenters. The molecule has 5 atom stereocenters. The number of fused-ring (bicyclic) bond motifs is 4. The van der Waals surface area contributed by atoms with Crippen LogP contribution in [-0.2, 0) is 21.4 Å². The normalized spacial score (nSPS) is 31.6. The first kappa shape index (κ1) is 21.0. The fourth-order valence-electron chi connectivity index (χ4n) is 6.83. The van der Waals surface area contributed by atoms with Crippen LogP contribution in [0.1, 0.15) is 30.5 Å². The van der Waals surface area contributed by atoms with Gasteiger partial charge in [0.2, 0.25) is 5.91 Å². The number of carbonyl (C=O) groups excluding carboxylic acids is 1. The van der Waals surface area contributed by atoms with E-state index in [-0.39, 0.29) is 11.9 Å². The van der Waals surface area contributed by atoms with Crippen LogP contribution in [0.4, 0.5) is 0 Å². The van der Waals surface area contributed by atoms with Crippen LogP contribution in [0, 0.1) is 11.8 Å². The highest BCUT2D eigenvalue weighted by atomic mass is 16.5. The molecule has 6 nitrogen and oxygen atoms in total. The van der Waals surface area contributed by atoms with Crippen molar-refractivity contribution < 1.29 is 9.53 Å². The number of H-pyrrole nitrogens is 1. The van der Waals surface area contributed by atoms with E-state index in [1.165, 1.54) is 23.1 Å². The van der Waals surface area contributed by atoms with Gasteiger partial charge in [-0.25, -0.2) is 0 Å². The maximum Gasteiger partial charge on any atom is 0.233 e. The van der Waals surface area contributed by atoms with Gasteiger partial charge in [0.15, 0.2) is 0 Å². The Hall–Kier alpha value is -1.89. The van der Waals surface area contributed by atoms with Crippen molar-refractivity contribution in [1.29, 1.82) is 0 Å². The van der Waals surface area contributed by atoms with Crippen molar-refractivity contribution in [2.45, 2.75) is 37.1 Å². The Bertz CT molecular complexity index is 954. The molecule has 168 valence electrons. The van der Waals surface area contributed by atoms with Crippen molar-refractivity contribution in [3.05, 3.63) is 35.5 Å². The topological polar surface area (TPSA) is 60.6 Å². The van der Waals surface area contributed by atoms with Crippen LogP contribution >= 0.6 is 0 Å². The monoisotopic (exact) mass is 424 g/mol. The molecule has 1 aromatic heterocycles. The lowest BCUT2D eigenvalue weighted by Crippen LogP contribution is -2.69. The molecule has 31 heavy (non-hydrogen) atoms. The minimum absolute atomic E-state index is 0.214. The van der Waals surface area contributed by atoms with Crippen molar-refractivity contribution in [2.24, 2.45) is 11.8 Å². The van der Waals surface area contributed by atoms with Gasteiger partial charge in [0.1, 0.15) is 5.41 Å². The molecule has 6 heteroatoms. The highest BCUT2D eigenvalue weighted by molar-refractivity contribution is 5.94. The lowest BCUT2D eigenvalue weighted by atomic mass is 9.56. The van der Waals surface area contributed by atoms with Gasteiger partial charge in [-0.15, -0.1) is 0 Å². The summed E-state index contributed by atoms with van der Waals surface area (Å²) in [5.74, 6) is 1.26. The van der Waals surface area contributed by atoms with E-state index in [0.717, 1.165) is 51.0 Å². The quantitative estimate of drug-likeness (QED) is 0.717. The number of benzene rings is 1. The Morgan fingerprint density at radius 3 is 3.00 bits per heavy atom. The van der Waals surface area contributed by atoms with Crippen molar-refractivity contribution in [3.63, 3.8) is 0 Å². The summed E-state index contributed by atoms with van der Waals surface area (Å²) in [4.78, 5) is 22.6. The first-order valence-corrected chi connectivity index (χ1v) is 11.8. The van der Waals surface area contributed by atoms with E-state index >= 15 is 0 Å². The van der Waals surface area contributed by atoms with E-state index < -0.39 is 5.41 Å². The Morgan fingerprint density at radius 2 is 2.19 bits per heavy atom. The first-order chi connectivity index (χ1) is 15.0. The van der Waals surface area contributed by atoms with Crippen LogP contribution in [0.2, 0.25) is 0 Å². The second kappa shape index (κ2) is 8.23. The molecule has 1 aliphatic carbocycles. The third-order valence-corrected chi connectivity index (χ3v) is 7.94. The average molecular weight is 425 g/mol. The first-order valence-electron chi connectivity index (χ1n) is 11.8. The maximum atomic E-state index is 14.1. The number of hydrogen-bond acceptors (Lipinski definition) is 4. The van der Waals surface area contributed by atoms with Gasteiger partial charge >= 0.3 is 0 Å². The molecular formula is C25H36N4O2. The Labute approximate surface area is 185 Å². The molecule has 1 aromatic carbocycles. The Morgan fingerprint density at radius 1 is 1.35 bits per heavy atom. The average Bonchev–Trinajstić information content (AvgIpc) is 3.10. The van der Waals surface area contributed by atoms with Crippen molar-refractivity contribution >= 4 is 16.8 Å². The van der Waals surface area contributed by atoms with Crippen LogP contribution < -0.4 is 5.32 Å². The number of nitrogens with one attached hydrogen (secondary N) is 2. The Kier molecular flexibility index (Phi) is 5.57. The van der Waals surface area contributed by atoms with Crippen LogP contribution in [0.5, 0.6) is 0 Å². The Balaban J connectivity index is 1.62. The fourth-order valence-corrected chi connectivity index (χ4v) is 6.83. The summed E-state index contributed by atoms with van der Waals surface area (Å²) < 4.78 is 5.48. The number of rotatable bonds is 7. The zero-order valence-corrected chi connectivity index (χ0v) is 19.1. The minimum atomic E-state index is -0.503. The van der Waals surface area contributed by atoms with E-state index in [0.29, 0.717) is 18.4 Å². The molecular weight excluding hydrogens is 388 g/mol. The van der Waals surface area contributed by atoms with Gasteiger partial charge in [0, 0.05) is 62.5 Å². The molecule has 6 rings (SSSR count). The third kappa shape index (κ3) is 3.40. The smallest absolute Gasteiger partial charge is 0.233 e. The summed E-state index contributed by atoms with van der Waals surface area (Å²) in [6.07, 6.45) is 4.20. The molecule has 1 saturated carbocycles. The summed E-state index contributed by atoms with van der Waals surface area (Å²) in [5, 5.41) is 4.63. The van der Waals surface area contributed by atoms with Crippen LogP contribution in [0.15, 0.2) is 24.3 Å². The van der Waals surface area contributed by atoms with Gasteiger partial charge in [-0.3, -0.25) is 9.69 Å². The van der Waals surface area contributed by atoms with E-state index in [1.807, 2.05) is 0 Å². The van der Waals surface area contributed by atoms with Gasteiger partial charge in [-0.05, 0) is 63.2 Å². The number of amides is 1. The van der Waals surface area contributed by atoms with E-state index in [2.05, 4.69) is 58.5 Å². The highest BCUT2D eigenvalue weighted by Gasteiger charge is 2.62.